The summed E-state index contributed by atoms with van der Waals surface area (Å²) in [4.78, 5) is 12.2. The lowest BCUT2D eigenvalue weighted by molar-refractivity contribution is -0.129. The third-order valence-corrected chi connectivity index (χ3v) is 3.55. The van der Waals surface area contributed by atoms with E-state index in [1.807, 2.05) is 37.3 Å². The minimum absolute atomic E-state index is 0.0539. The molecule has 0 atom stereocenters. The van der Waals surface area contributed by atoms with E-state index in [2.05, 4.69) is 6.92 Å². The quantitative estimate of drug-likeness (QED) is 0.322. The molecule has 128 valence electrons. The lowest BCUT2D eigenvalue weighted by atomic mass is 10.1. The number of aryl methyl sites for hydroxylation is 1. The summed E-state index contributed by atoms with van der Waals surface area (Å²) in [6.07, 6.45) is 3.35. The number of carbonyl (C=O) groups excluding carboxylic acids is 1. The van der Waals surface area contributed by atoms with Gasteiger partial charge in [0.2, 0.25) is 0 Å². The Balaban J connectivity index is 2.07. The average Bonchev–Trinajstić information content (AvgIpc) is 2.65. The number of benzene rings is 2. The van der Waals surface area contributed by atoms with E-state index in [9.17, 15) is 10.1 Å². The zero-order valence-electron chi connectivity index (χ0n) is 14.5. The minimum Gasteiger partial charge on any atom is -0.494 e. The standard InChI is InChI=1S/C21H21NO3/c1-3-13-24-19-9-7-17(8-10-19)14-18(15-22)21(23)25-20-11-5-16(4-2)6-12-20/h5-12,14H,3-4,13H2,1-2H3/b18-14+. The molecule has 4 nitrogen and oxygen atoms in total. The molecule has 0 aliphatic carbocycles. The number of nitrogens with zero attached hydrogens (tertiary/aromatic N) is 1. The van der Waals surface area contributed by atoms with E-state index >= 15 is 0 Å². The maximum Gasteiger partial charge on any atom is 0.354 e. The fourth-order valence-electron chi connectivity index (χ4n) is 2.14. The van der Waals surface area contributed by atoms with Gasteiger partial charge in [0.1, 0.15) is 23.1 Å². The topological polar surface area (TPSA) is 59.3 Å². The van der Waals surface area contributed by atoms with Gasteiger partial charge in [-0.3, -0.25) is 0 Å². The largest absolute Gasteiger partial charge is 0.494 e. The third kappa shape index (κ3) is 5.50. The predicted molar refractivity (Wildman–Crippen MR) is 97.3 cm³/mol. The Hall–Kier alpha value is -3.06. The van der Waals surface area contributed by atoms with Gasteiger partial charge in [-0.25, -0.2) is 4.79 Å². The molecule has 2 rings (SSSR count). The Morgan fingerprint density at radius 2 is 1.68 bits per heavy atom. The SMILES string of the molecule is CCCOc1ccc(/C=C(\C#N)C(=O)Oc2ccc(CC)cc2)cc1. The fraction of sp³-hybridized carbons (Fsp3) is 0.238. The van der Waals surface area contributed by atoms with Crippen molar-refractivity contribution in [3.8, 4) is 17.6 Å². The lowest BCUT2D eigenvalue weighted by Crippen LogP contribution is -2.10. The molecular formula is C21H21NO3. The molecule has 0 heterocycles. The molecule has 25 heavy (non-hydrogen) atoms. The van der Waals surface area contributed by atoms with Crippen LogP contribution in [0.3, 0.4) is 0 Å². The van der Waals surface area contributed by atoms with Crippen molar-refractivity contribution >= 4 is 12.0 Å². The molecule has 0 fully saturated rings. The van der Waals surface area contributed by atoms with Crippen molar-refractivity contribution < 1.29 is 14.3 Å². The third-order valence-electron chi connectivity index (χ3n) is 3.55. The van der Waals surface area contributed by atoms with E-state index in [1.54, 1.807) is 24.3 Å². The summed E-state index contributed by atoms with van der Waals surface area (Å²) in [7, 11) is 0. The Labute approximate surface area is 148 Å². The van der Waals surface area contributed by atoms with Crippen LogP contribution in [0.1, 0.15) is 31.4 Å². The molecule has 0 unspecified atom stereocenters. The fourth-order valence-corrected chi connectivity index (χ4v) is 2.14. The second-order valence-corrected chi connectivity index (χ2v) is 5.47. The molecule has 2 aromatic carbocycles. The molecule has 0 bridgehead atoms. The molecule has 0 saturated carbocycles. The highest BCUT2D eigenvalue weighted by Gasteiger charge is 2.12. The monoisotopic (exact) mass is 335 g/mol. The van der Waals surface area contributed by atoms with Crippen LogP contribution in [0.15, 0.2) is 54.1 Å². The predicted octanol–water partition coefficient (Wildman–Crippen LogP) is 4.55. The van der Waals surface area contributed by atoms with Crippen LogP contribution in [0.2, 0.25) is 0 Å². The highest BCUT2D eigenvalue weighted by Crippen LogP contribution is 2.17. The second kappa shape index (κ2) is 9.29. The first-order valence-electron chi connectivity index (χ1n) is 8.32. The smallest absolute Gasteiger partial charge is 0.354 e. The summed E-state index contributed by atoms with van der Waals surface area (Å²) >= 11 is 0. The normalized spacial score (nSPS) is 10.8. The van der Waals surface area contributed by atoms with Crippen LogP contribution in [0.5, 0.6) is 11.5 Å². The molecular weight excluding hydrogens is 314 g/mol. The van der Waals surface area contributed by atoms with Crippen LogP contribution in [-0.2, 0) is 11.2 Å². The van der Waals surface area contributed by atoms with Gasteiger partial charge in [-0.05, 0) is 54.3 Å². The second-order valence-electron chi connectivity index (χ2n) is 5.47. The number of carbonyl (C=O) groups is 1. The van der Waals surface area contributed by atoms with E-state index in [4.69, 9.17) is 9.47 Å². The van der Waals surface area contributed by atoms with Gasteiger partial charge in [0.05, 0.1) is 6.61 Å². The van der Waals surface area contributed by atoms with Crippen molar-refractivity contribution in [1.29, 1.82) is 5.26 Å². The lowest BCUT2D eigenvalue weighted by Gasteiger charge is -2.05. The number of ether oxygens (including phenoxy) is 2. The van der Waals surface area contributed by atoms with Crippen LogP contribution < -0.4 is 9.47 Å². The van der Waals surface area contributed by atoms with Crippen LogP contribution in [0.4, 0.5) is 0 Å². The van der Waals surface area contributed by atoms with Crippen LogP contribution in [0.25, 0.3) is 6.08 Å². The number of rotatable bonds is 7. The number of hydrogen-bond donors (Lipinski definition) is 0. The maximum absolute atomic E-state index is 12.2. The highest BCUT2D eigenvalue weighted by atomic mass is 16.5. The molecule has 0 aromatic heterocycles. The molecule has 0 radical (unpaired) electrons. The molecule has 0 spiro atoms. The first-order valence-corrected chi connectivity index (χ1v) is 8.32. The van der Waals surface area contributed by atoms with Crippen molar-refractivity contribution in [2.75, 3.05) is 6.61 Å². The van der Waals surface area contributed by atoms with Crippen molar-refractivity contribution in [2.45, 2.75) is 26.7 Å². The van der Waals surface area contributed by atoms with Gasteiger partial charge in [-0.2, -0.15) is 5.26 Å². The van der Waals surface area contributed by atoms with Gasteiger partial charge >= 0.3 is 5.97 Å². The average molecular weight is 335 g/mol. The van der Waals surface area contributed by atoms with Crippen molar-refractivity contribution in [2.24, 2.45) is 0 Å². The Morgan fingerprint density at radius 1 is 1.04 bits per heavy atom. The minimum atomic E-state index is -0.668. The maximum atomic E-state index is 12.2. The van der Waals surface area contributed by atoms with Crippen LogP contribution >= 0.6 is 0 Å². The van der Waals surface area contributed by atoms with Gasteiger partial charge < -0.3 is 9.47 Å². The van der Waals surface area contributed by atoms with Crippen molar-refractivity contribution in [3.63, 3.8) is 0 Å². The first-order chi connectivity index (χ1) is 12.2. The number of esters is 1. The van der Waals surface area contributed by atoms with Gasteiger partial charge in [0, 0.05) is 0 Å². The van der Waals surface area contributed by atoms with E-state index in [0.717, 1.165) is 29.7 Å². The zero-order valence-corrected chi connectivity index (χ0v) is 14.5. The van der Waals surface area contributed by atoms with Gasteiger partial charge in [-0.1, -0.05) is 38.1 Å². The number of hydrogen-bond acceptors (Lipinski definition) is 4. The molecule has 2 aromatic rings. The van der Waals surface area contributed by atoms with E-state index in [1.165, 1.54) is 6.08 Å². The molecule has 0 saturated heterocycles. The first kappa shape index (κ1) is 18.3. The number of nitriles is 1. The summed E-state index contributed by atoms with van der Waals surface area (Å²) in [5.41, 5.74) is 1.83. The van der Waals surface area contributed by atoms with Crippen molar-refractivity contribution in [1.82, 2.24) is 0 Å². The molecule has 4 heteroatoms. The van der Waals surface area contributed by atoms with E-state index in [0.29, 0.717) is 12.4 Å². The Morgan fingerprint density at radius 3 is 2.24 bits per heavy atom. The highest BCUT2D eigenvalue weighted by molar-refractivity contribution is 5.99. The molecule has 0 aliphatic heterocycles. The molecule has 0 N–H and O–H groups in total. The van der Waals surface area contributed by atoms with Gasteiger partial charge in [-0.15, -0.1) is 0 Å². The van der Waals surface area contributed by atoms with Gasteiger partial charge in [0.15, 0.2) is 0 Å². The summed E-state index contributed by atoms with van der Waals surface area (Å²) < 4.78 is 10.8. The van der Waals surface area contributed by atoms with E-state index in [-0.39, 0.29) is 5.57 Å². The molecule has 0 amide bonds. The van der Waals surface area contributed by atoms with Crippen molar-refractivity contribution in [3.05, 3.63) is 65.2 Å². The van der Waals surface area contributed by atoms with Crippen LogP contribution in [0, 0.1) is 11.3 Å². The van der Waals surface area contributed by atoms with E-state index < -0.39 is 5.97 Å². The molecule has 0 aliphatic rings. The summed E-state index contributed by atoms with van der Waals surface area (Å²) in [5.74, 6) is 0.515. The summed E-state index contributed by atoms with van der Waals surface area (Å²) in [6, 6.07) is 16.4. The van der Waals surface area contributed by atoms with Gasteiger partial charge in [0.25, 0.3) is 0 Å². The Kier molecular flexibility index (Phi) is 6.79. The zero-order chi connectivity index (χ0) is 18.1. The van der Waals surface area contributed by atoms with Crippen LogP contribution in [-0.4, -0.2) is 12.6 Å². The summed E-state index contributed by atoms with van der Waals surface area (Å²) in [5, 5.41) is 9.24. The summed E-state index contributed by atoms with van der Waals surface area (Å²) in [6.45, 7) is 4.75. The Bertz CT molecular complexity index is 768.